The maximum atomic E-state index is 12.8. The lowest BCUT2D eigenvalue weighted by molar-refractivity contribution is 0.0938. The maximum Gasteiger partial charge on any atom is 0.251 e. The average Bonchev–Trinajstić information content (AvgIpc) is 3.29. The van der Waals surface area contributed by atoms with Crippen molar-refractivity contribution in [1.82, 2.24) is 14.7 Å². The summed E-state index contributed by atoms with van der Waals surface area (Å²) in [7, 11) is 0. The van der Waals surface area contributed by atoms with E-state index in [0.717, 1.165) is 28.0 Å². The smallest absolute Gasteiger partial charge is 0.251 e. The fraction of sp³-hybridized carbons (Fsp3) is 0.286. The van der Waals surface area contributed by atoms with E-state index in [0.29, 0.717) is 29.3 Å². The van der Waals surface area contributed by atoms with Gasteiger partial charge in [0.1, 0.15) is 11.4 Å². The summed E-state index contributed by atoms with van der Waals surface area (Å²) in [5, 5.41) is 13.4. The molecule has 0 bridgehead atoms. The highest BCUT2D eigenvalue weighted by atomic mass is 35.5. The highest BCUT2D eigenvalue weighted by Crippen LogP contribution is 2.27. The van der Waals surface area contributed by atoms with Crippen molar-refractivity contribution in [1.29, 1.82) is 0 Å². The van der Waals surface area contributed by atoms with Gasteiger partial charge >= 0.3 is 0 Å². The van der Waals surface area contributed by atoms with Crippen LogP contribution in [0.4, 0.5) is 0 Å². The molecule has 0 aliphatic rings. The van der Waals surface area contributed by atoms with Crippen LogP contribution >= 0.6 is 11.6 Å². The predicted molar refractivity (Wildman–Crippen MR) is 142 cm³/mol. The van der Waals surface area contributed by atoms with Crippen LogP contribution in [0.1, 0.15) is 48.4 Å². The van der Waals surface area contributed by atoms with Crippen LogP contribution in [0.3, 0.4) is 0 Å². The van der Waals surface area contributed by atoms with Gasteiger partial charge in [-0.15, -0.1) is 0 Å². The van der Waals surface area contributed by atoms with Gasteiger partial charge in [0.15, 0.2) is 0 Å². The summed E-state index contributed by atoms with van der Waals surface area (Å²) in [5.41, 5.74) is 10.8. The highest BCUT2D eigenvalue weighted by Gasteiger charge is 2.16. The molecule has 4 rings (SSSR count). The van der Waals surface area contributed by atoms with Crippen molar-refractivity contribution in [3.63, 3.8) is 0 Å². The number of halogens is 1. The first-order valence-corrected chi connectivity index (χ1v) is 12.3. The van der Waals surface area contributed by atoms with Gasteiger partial charge < -0.3 is 25.3 Å². The second kappa shape index (κ2) is 11.1. The number of carbonyl (C=O) groups is 1. The Morgan fingerprint density at radius 3 is 2.56 bits per heavy atom. The molecule has 0 saturated heterocycles. The summed E-state index contributed by atoms with van der Waals surface area (Å²) in [6.45, 7) is 5.86. The summed E-state index contributed by atoms with van der Waals surface area (Å²) in [4.78, 5) is 17.5. The third-order valence-electron chi connectivity index (χ3n) is 5.87. The van der Waals surface area contributed by atoms with Crippen LogP contribution in [0.2, 0.25) is 5.02 Å². The first-order valence-electron chi connectivity index (χ1n) is 12.0. The monoisotopic (exact) mass is 506 g/mol. The number of hydrogen-bond donors (Lipinski definition) is 3. The Balaban J connectivity index is 1.44. The Morgan fingerprint density at radius 2 is 1.92 bits per heavy atom. The third-order valence-corrected chi connectivity index (χ3v) is 6.17. The Bertz CT molecular complexity index is 1350. The van der Waals surface area contributed by atoms with Crippen molar-refractivity contribution >= 4 is 23.2 Å². The summed E-state index contributed by atoms with van der Waals surface area (Å²) in [6.07, 6.45) is 3.84. The first-order chi connectivity index (χ1) is 17.2. The molecule has 2 atom stereocenters. The van der Waals surface area contributed by atoms with Crippen LogP contribution in [-0.2, 0) is 6.42 Å². The van der Waals surface area contributed by atoms with Gasteiger partial charge in [-0.05, 0) is 57.0 Å². The molecule has 0 aliphatic heterocycles. The molecule has 4 N–H and O–H groups in total. The van der Waals surface area contributed by atoms with Gasteiger partial charge in [-0.25, -0.2) is 4.98 Å². The zero-order valence-electron chi connectivity index (χ0n) is 20.6. The van der Waals surface area contributed by atoms with Crippen molar-refractivity contribution in [3.8, 4) is 17.0 Å². The molecule has 0 unspecified atom stereocenters. The topological polar surface area (TPSA) is 102 Å². The highest BCUT2D eigenvalue weighted by molar-refractivity contribution is 6.32. The van der Waals surface area contributed by atoms with Crippen molar-refractivity contribution in [3.05, 3.63) is 88.7 Å². The van der Waals surface area contributed by atoms with E-state index in [1.807, 2.05) is 67.0 Å². The summed E-state index contributed by atoms with van der Waals surface area (Å²) >= 11 is 6.28. The largest absolute Gasteiger partial charge is 0.489 e. The molecular weight excluding hydrogens is 476 g/mol. The van der Waals surface area contributed by atoms with Gasteiger partial charge in [-0.3, -0.25) is 4.79 Å². The Morgan fingerprint density at radius 1 is 1.17 bits per heavy atom. The number of pyridine rings is 1. The number of amides is 1. The zero-order valence-corrected chi connectivity index (χ0v) is 21.4. The van der Waals surface area contributed by atoms with Crippen molar-refractivity contribution in [2.45, 2.75) is 45.4 Å². The maximum absolute atomic E-state index is 12.8. The lowest BCUT2D eigenvalue weighted by atomic mass is 10.0. The minimum Gasteiger partial charge on any atom is -0.489 e. The van der Waals surface area contributed by atoms with Crippen molar-refractivity contribution < 1.29 is 14.6 Å². The molecule has 1 amide bonds. The standard InChI is InChI=1S/C28H31ClN4O3/c1-17(2)36-26-11-10-21(14-24(26)29)28(35)31-22(15-30)13-19-6-8-20(9-7-19)25-16-33-12-4-5-23(18(3)34)27(33)32-25/h4-12,14,16-18,22,34H,13,15,30H2,1-3H3,(H,31,35)/t18-,22-/m1/s1. The molecule has 36 heavy (non-hydrogen) atoms. The predicted octanol–water partition coefficient (Wildman–Crippen LogP) is 4.80. The fourth-order valence-corrected chi connectivity index (χ4v) is 4.27. The molecule has 0 fully saturated rings. The number of ether oxygens (including phenoxy) is 1. The Labute approximate surface area is 215 Å². The molecule has 2 heterocycles. The third kappa shape index (κ3) is 5.87. The van der Waals surface area contributed by atoms with Crippen LogP contribution in [0, 0.1) is 0 Å². The lowest BCUT2D eigenvalue weighted by Crippen LogP contribution is -2.41. The number of aliphatic hydroxyl groups excluding tert-OH is 1. The van der Waals surface area contributed by atoms with E-state index in [1.165, 1.54) is 0 Å². The number of fused-ring (bicyclic) bond motifs is 1. The second-order valence-electron chi connectivity index (χ2n) is 9.12. The number of nitrogens with zero attached hydrogens (tertiary/aromatic N) is 2. The first kappa shape index (κ1) is 25.7. The molecule has 0 radical (unpaired) electrons. The van der Waals surface area contributed by atoms with Crippen molar-refractivity contribution in [2.24, 2.45) is 5.73 Å². The van der Waals surface area contributed by atoms with E-state index in [1.54, 1.807) is 25.1 Å². The molecule has 2 aromatic heterocycles. The normalized spacial score (nSPS) is 13.1. The minimum atomic E-state index is -0.600. The van der Waals surface area contributed by atoms with E-state index < -0.39 is 6.10 Å². The van der Waals surface area contributed by atoms with Gasteiger partial charge in [0.25, 0.3) is 5.91 Å². The fourth-order valence-electron chi connectivity index (χ4n) is 4.05. The number of rotatable bonds is 9. The van der Waals surface area contributed by atoms with E-state index >= 15 is 0 Å². The molecular formula is C28H31ClN4O3. The van der Waals surface area contributed by atoms with Gasteiger partial charge in [-0.1, -0.05) is 41.9 Å². The lowest BCUT2D eigenvalue weighted by Gasteiger charge is -2.18. The van der Waals surface area contributed by atoms with Gasteiger partial charge in [0, 0.05) is 41.7 Å². The Kier molecular flexibility index (Phi) is 7.94. The van der Waals surface area contributed by atoms with E-state index in [2.05, 4.69) is 5.32 Å². The molecule has 0 aliphatic carbocycles. The molecule has 4 aromatic rings. The van der Waals surface area contributed by atoms with Crippen LogP contribution < -0.4 is 15.8 Å². The van der Waals surface area contributed by atoms with Crippen LogP contribution in [0.5, 0.6) is 5.75 Å². The van der Waals surface area contributed by atoms with Gasteiger partial charge in [0.2, 0.25) is 0 Å². The number of benzene rings is 2. The van der Waals surface area contributed by atoms with E-state index in [4.69, 9.17) is 27.1 Å². The molecule has 0 spiro atoms. The quantitative estimate of drug-likeness (QED) is 0.303. The number of nitrogens with one attached hydrogen (secondary N) is 1. The molecule has 188 valence electrons. The van der Waals surface area contributed by atoms with E-state index in [-0.39, 0.29) is 18.1 Å². The summed E-state index contributed by atoms with van der Waals surface area (Å²) in [5.74, 6) is 0.310. The number of hydrogen-bond acceptors (Lipinski definition) is 5. The number of aromatic nitrogens is 2. The number of nitrogens with two attached hydrogens (primary N) is 1. The van der Waals surface area contributed by atoms with Crippen molar-refractivity contribution in [2.75, 3.05) is 6.54 Å². The van der Waals surface area contributed by atoms with Gasteiger partial charge in [0.05, 0.1) is 22.9 Å². The van der Waals surface area contributed by atoms with Crippen LogP contribution in [0.15, 0.2) is 67.0 Å². The number of imidazole rings is 1. The van der Waals surface area contributed by atoms with E-state index in [9.17, 15) is 9.90 Å². The minimum absolute atomic E-state index is 0.00963. The Hall–Kier alpha value is -3.39. The second-order valence-corrected chi connectivity index (χ2v) is 9.52. The molecule has 0 saturated carbocycles. The average molecular weight is 507 g/mol. The molecule has 2 aromatic carbocycles. The van der Waals surface area contributed by atoms with Crippen LogP contribution in [-0.4, -0.2) is 39.1 Å². The summed E-state index contributed by atoms with van der Waals surface area (Å²) in [6, 6.07) is 16.6. The SMILES string of the molecule is CC(C)Oc1ccc(C(=O)N[C@@H](CN)Cc2ccc(-c3cn4cccc([C@@H](C)O)c4n3)cc2)cc1Cl. The number of carbonyl (C=O) groups excluding carboxylic acids is 1. The number of aliphatic hydroxyl groups is 1. The molecule has 8 heteroatoms. The van der Waals surface area contributed by atoms with Crippen LogP contribution in [0.25, 0.3) is 16.9 Å². The van der Waals surface area contributed by atoms with Gasteiger partial charge in [-0.2, -0.15) is 0 Å². The summed E-state index contributed by atoms with van der Waals surface area (Å²) < 4.78 is 7.55. The zero-order chi connectivity index (χ0) is 25.8. The molecule has 7 nitrogen and oxygen atoms in total.